The van der Waals surface area contributed by atoms with Crippen LogP contribution in [0.1, 0.15) is 63.1 Å². The molecular formula is C21H27F3N2O2. The van der Waals surface area contributed by atoms with E-state index < -0.39 is 17.8 Å². The van der Waals surface area contributed by atoms with E-state index in [0.717, 1.165) is 31.4 Å². The zero-order valence-corrected chi connectivity index (χ0v) is 16.3. The van der Waals surface area contributed by atoms with Crippen LogP contribution in [0, 0.1) is 11.8 Å². The number of likely N-dealkylation sites (tertiary alicyclic amines) is 1. The molecule has 1 aromatic carbocycles. The van der Waals surface area contributed by atoms with Crippen molar-refractivity contribution in [2.45, 2.75) is 64.2 Å². The third-order valence-corrected chi connectivity index (χ3v) is 5.76. The number of nitrogens with one attached hydrogen (secondary N) is 1. The minimum Gasteiger partial charge on any atom is -0.353 e. The molecule has 1 saturated carbocycles. The van der Waals surface area contributed by atoms with Crippen LogP contribution in [0.4, 0.5) is 13.2 Å². The maximum atomic E-state index is 13.1. The number of alkyl halides is 3. The standard InChI is InChI=1S/C21H27F3N2O2/c1-3-13(2)25-19(27)16-9-10-18(26(12-16)20(28)14-7-8-14)15-5-4-6-17(11-15)21(22,23)24/h4-6,11,13-14,16,18H,3,7-10,12H2,1-2H3,(H,25,27). The Kier molecular flexibility index (Phi) is 6.01. The Bertz CT molecular complexity index is 731. The summed E-state index contributed by atoms with van der Waals surface area (Å²) in [6, 6.07) is 4.86. The summed E-state index contributed by atoms with van der Waals surface area (Å²) in [4.78, 5) is 27.0. The third-order valence-electron chi connectivity index (χ3n) is 5.76. The van der Waals surface area contributed by atoms with Gasteiger partial charge < -0.3 is 10.2 Å². The summed E-state index contributed by atoms with van der Waals surface area (Å²) in [5.41, 5.74) is -0.218. The van der Waals surface area contributed by atoms with Crippen LogP contribution in [0.3, 0.4) is 0 Å². The molecule has 0 radical (unpaired) electrons. The predicted octanol–water partition coefficient (Wildman–Crippen LogP) is 4.31. The Hall–Kier alpha value is -2.05. The molecule has 3 rings (SSSR count). The van der Waals surface area contributed by atoms with Crippen LogP contribution in [-0.4, -0.2) is 29.3 Å². The average molecular weight is 396 g/mol. The number of amides is 2. The first-order valence-corrected chi connectivity index (χ1v) is 9.98. The van der Waals surface area contributed by atoms with Gasteiger partial charge in [-0.05, 0) is 56.7 Å². The highest BCUT2D eigenvalue weighted by Crippen LogP contribution is 2.40. The lowest BCUT2D eigenvalue weighted by Gasteiger charge is -2.40. The van der Waals surface area contributed by atoms with Gasteiger partial charge in [0, 0.05) is 18.5 Å². The van der Waals surface area contributed by atoms with Gasteiger partial charge in [-0.1, -0.05) is 19.1 Å². The topological polar surface area (TPSA) is 49.4 Å². The normalized spacial score (nSPS) is 24.0. The number of carbonyl (C=O) groups excluding carboxylic acids is 2. The minimum atomic E-state index is -4.42. The van der Waals surface area contributed by atoms with Gasteiger partial charge in [0.25, 0.3) is 0 Å². The van der Waals surface area contributed by atoms with Crippen LogP contribution in [0.25, 0.3) is 0 Å². The zero-order valence-electron chi connectivity index (χ0n) is 16.3. The van der Waals surface area contributed by atoms with Crippen molar-refractivity contribution in [3.05, 3.63) is 35.4 Å². The number of halogens is 3. The van der Waals surface area contributed by atoms with E-state index in [1.165, 1.54) is 6.07 Å². The first kappa shape index (κ1) is 20.7. The molecule has 1 aliphatic carbocycles. The van der Waals surface area contributed by atoms with Gasteiger partial charge in [0.15, 0.2) is 0 Å². The fourth-order valence-corrected chi connectivity index (χ4v) is 3.72. The second-order valence-electron chi connectivity index (χ2n) is 8.00. The Morgan fingerprint density at radius 1 is 1.18 bits per heavy atom. The summed E-state index contributed by atoms with van der Waals surface area (Å²) in [5, 5.41) is 2.96. The number of nitrogens with zero attached hydrogens (tertiary/aromatic N) is 1. The molecule has 4 nitrogen and oxygen atoms in total. The zero-order chi connectivity index (χ0) is 20.5. The molecule has 1 N–H and O–H groups in total. The van der Waals surface area contributed by atoms with Crippen molar-refractivity contribution >= 4 is 11.8 Å². The van der Waals surface area contributed by atoms with Crippen molar-refractivity contribution in [2.24, 2.45) is 11.8 Å². The van der Waals surface area contributed by atoms with Crippen molar-refractivity contribution in [1.82, 2.24) is 10.2 Å². The maximum Gasteiger partial charge on any atom is 0.416 e. The fraction of sp³-hybridized carbons (Fsp3) is 0.619. The van der Waals surface area contributed by atoms with Crippen LogP contribution in [-0.2, 0) is 15.8 Å². The highest BCUT2D eigenvalue weighted by Gasteiger charge is 2.42. The highest BCUT2D eigenvalue weighted by atomic mass is 19.4. The first-order valence-electron chi connectivity index (χ1n) is 9.98. The largest absolute Gasteiger partial charge is 0.416 e. The molecule has 28 heavy (non-hydrogen) atoms. The lowest BCUT2D eigenvalue weighted by Crippen LogP contribution is -2.48. The van der Waals surface area contributed by atoms with Crippen molar-refractivity contribution in [1.29, 1.82) is 0 Å². The summed E-state index contributed by atoms with van der Waals surface area (Å²) < 4.78 is 39.4. The van der Waals surface area contributed by atoms with E-state index in [9.17, 15) is 22.8 Å². The second kappa shape index (κ2) is 8.13. The Labute approximate surface area is 163 Å². The van der Waals surface area contributed by atoms with Crippen LogP contribution in [0.15, 0.2) is 24.3 Å². The van der Waals surface area contributed by atoms with Gasteiger partial charge in [0.2, 0.25) is 11.8 Å². The molecule has 3 unspecified atom stereocenters. The Balaban J connectivity index is 1.81. The molecule has 1 aliphatic heterocycles. The summed E-state index contributed by atoms with van der Waals surface area (Å²) in [6.07, 6.45) is -0.941. The molecule has 2 aliphatic rings. The SMILES string of the molecule is CCC(C)NC(=O)C1CCC(c2cccc(C(F)(F)F)c2)N(C(=O)C2CC2)C1. The van der Waals surface area contributed by atoms with E-state index in [4.69, 9.17) is 0 Å². The van der Waals surface area contributed by atoms with E-state index in [0.29, 0.717) is 18.4 Å². The molecule has 2 fully saturated rings. The minimum absolute atomic E-state index is 0.0385. The number of hydrogen-bond acceptors (Lipinski definition) is 2. The predicted molar refractivity (Wildman–Crippen MR) is 99.2 cm³/mol. The van der Waals surface area contributed by atoms with Crippen molar-refractivity contribution in [2.75, 3.05) is 6.54 Å². The quantitative estimate of drug-likeness (QED) is 0.806. The summed E-state index contributed by atoms with van der Waals surface area (Å²) in [7, 11) is 0. The lowest BCUT2D eigenvalue weighted by molar-refractivity contribution is -0.140. The van der Waals surface area contributed by atoms with Gasteiger partial charge in [-0.2, -0.15) is 13.2 Å². The molecule has 0 aromatic heterocycles. The van der Waals surface area contributed by atoms with E-state index in [-0.39, 0.29) is 36.2 Å². The molecule has 154 valence electrons. The molecule has 3 atom stereocenters. The monoisotopic (exact) mass is 396 g/mol. The van der Waals surface area contributed by atoms with Gasteiger partial charge >= 0.3 is 6.18 Å². The number of carbonyl (C=O) groups is 2. The Morgan fingerprint density at radius 2 is 1.86 bits per heavy atom. The van der Waals surface area contributed by atoms with E-state index in [1.807, 2.05) is 13.8 Å². The molecule has 1 saturated heterocycles. The van der Waals surface area contributed by atoms with Gasteiger partial charge in [0.05, 0.1) is 17.5 Å². The molecule has 7 heteroatoms. The van der Waals surface area contributed by atoms with Gasteiger partial charge in [-0.3, -0.25) is 9.59 Å². The van der Waals surface area contributed by atoms with Crippen LogP contribution in [0.2, 0.25) is 0 Å². The summed E-state index contributed by atoms with van der Waals surface area (Å²) in [5.74, 6) is -0.489. The second-order valence-corrected chi connectivity index (χ2v) is 8.00. The van der Waals surface area contributed by atoms with Gasteiger partial charge in [0.1, 0.15) is 0 Å². The van der Waals surface area contributed by atoms with Crippen LogP contribution >= 0.6 is 0 Å². The van der Waals surface area contributed by atoms with Crippen LogP contribution in [0.5, 0.6) is 0 Å². The molecule has 1 heterocycles. The van der Waals surface area contributed by atoms with E-state index >= 15 is 0 Å². The van der Waals surface area contributed by atoms with E-state index in [1.54, 1.807) is 11.0 Å². The van der Waals surface area contributed by atoms with Gasteiger partial charge in [-0.15, -0.1) is 0 Å². The smallest absolute Gasteiger partial charge is 0.353 e. The highest BCUT2D eigenvalue weighted by molar-refractivity contribution is 5.84. The fourth-order valence-electron chi connectivity index (χ4n) is 3.72. The number of benzene rings is 1. The molecule has 0 bridgehead atoms. The molecule has 2 amide bonds. The first-order chi connectivity index (χ1) is 13.2. The Morgan fingerprint density at radius 3 is 2.46 bits per heavy atom. The summed E-state index contributed by atoms with van der Waals surface area (Å²) in [6.45, 7) is 4.18. The van der Waals surface area contributed by atoms with Gasteiger partial charge in [-0.25, -0.2) is 0 Å². The van der Waals surface area contributed by atoms with Crippen molar-refractivity contribution in [3.63, 3.8) is 0 Å². The van der Waals surface area contributed by atoms with Crippen molar-refractivity contribution in [3.8, 4) is 0 Å². The van der Waals surface area contributed by atoms with E-state index in [2.05, 4.69) is 5.32 Å². The molecular weight excluding hydrogens is 369 g/mol. The van der Waals surface area contributed by atoms with Crippen molar-refractivity contribution < 1.29 is 22.8 Å². The number of rotatable bonds is 5. The maximum absolute atomic E-state index is 13.1. The molecule has 0 spiro atoms. The third kappa shape index (κ3) is 4.67. The number of piperidine rings is 1. The lowest BCUT2D eigenvalue weighted by atomic mass is 9.87. The molecule has 1 aromatic rings. The van der Waals surface area contributed by atoms with Crippen LogP contribution < -0.4 is 5.32 Å². The average Bonchev–Trinajstić information content (AvgIpc) is 3.51. The summed E-state index contributed by atoms with van der Waals surface area (Å²) >= 11 is 0. The number of hydrogen-bond donors (Lipinski definition) is 1.